The van der Waals surface area contributed by atoms with Crippen molar-refractivity contribution in [2.24, 2.45) is 5.73 Å². The Hall–Kier alpha value is -1.55. The van der Waals surface area contributed by atoms with Gasteiger partial charge in [-0.3, -0.25) is 5.41 Å². The normalized spacial score (nSPS) is 17.4. The van der Waals surface area contributed by atoms with Gasteiger partial charge in [0.2, 0.25) is 0 Å². The number of anilines is 1. The average molecular weight is 260 g/mol. The minimum absolute atomic E-state index is 0.136. The van der Waals surface area contributed by atoms with Crippen LogP contribution in [0, 0.1) is 12.3 Å². The summed E-state index contributed by atoms with van der Waals surface area (Å²) in [5.41, 5.74) is 8.77. The van der Waals surface area contributed by atoms with Crippen LogP contribution in [0.15, 0.2) is 18.2 Å². The molecule has 0 aromatic heterocycles. The fourth-order valence-electron chi connectivity index (χ4n) is 2.80. The van der Waals surface area contributed by atoms with Crippen LogP contribution < -0.4 is 10.6 Å². The second-order valence-electron chi connectivity index (χ2n) is 5.56. The van der Waals surface area contributed by atoms with Gasteiger partial charge in [0, 0.05) is 24.3 Å². The summed E-state index contributed by atoms with van der Waals surface area (Å²) in [7, 11) is 4.36. The van der Waals surface area contributed by atoms with E-state index in [4.69, 9.17) is 11.1 Å². The third kappa shape index (κ3) is 3.07. The largest absolute Gasteiger partial charge is 0.384 e. The van der Waals surface area contributed by atoms with Crippen molar-refractivity contribution in [3.05, 3.63) is 29.3 Å². The molecule has 0 bridgehead atoms. The minimum atomic E-state index is 0.136. The fraction of sp³-hybridized carbons (Fsp3) is 0.533. The highest BCUT2D eigenvalue weighted by atomic mass is 15.2. The first kappa shape index (κ1) is 13.9. The summed E-state index contributed by atoms with van der Waals surface area (Å²) in [6.45, 7) is 4.42. The Morgan fingerprint density at radius 3 is 2.53 bits per heavy atom. The number of hydrogen-bond donors (Lipinski definition) is 2. The van der Waals surface area contributed by atoms with Crippen molar-refractivity contribution in [3.63, 3.8) is 0 Å². The monoisotopic (exact) mass is 260 g/mol. The molecule has 0 radical (unpaired) electrons. The van der Waals surface area contributed by atoms with E-state index in [9.17, 15) is 0 Å². The second kappa shape index (κ2) is 5.61. The van der Waals surface area contributed by atoms with E-state index in [0.29, 0.717) is 6.04 Å². The van der Waals surface area contributed by atoms with Crippen molar-refractivity contribution in [2.75, 3.05) is 32.1 Å². The van der Waals surface area contributed by atoms with E-state index in [2.05, 4.69) is 36.9 Å². The Morgan fingerprint density at radius 1 is 1.37 bits per heavy atom. The SMILES string of the molecule is Cc1cc(C(=N)N)ccc1N(C)C1CCN(C)CC1. The van der Waals surface area contributed by atoms with E-state index in [1.165, 1.54) is 37.2 Å². The molecule has 1 saturated heterocycles. The number of rotatable bonds is 3. The summed E-state index contributed by atoms with van der Waals surface area (Å²) < 4.78 is 0. The standard InChI is InChI=1S/C15H24N4/c1-11-10-12(15(16)17)4-5-14(11)19(3)13-6-8-18(2)9-7-13/h4-5,10,13H,6-9H2,1-3H3,(H3,16,17). The molecule has 1 fully saturated rings. The van der Waals surface area contributed by atoms with E-state index in [1.807, 2.05) is 12.1 Å². The van der Waals surface area contributed by atoms with Crippen LogP contribution in [0.5, 0.6) is 0 Å². The molecule has 0 spiro atoms. The molecule has 0 saturated carbocycles. The van der Waals surface area contributed by atoms with Gasteiger partial charge in [-0.1, -0.05) is 0 Å². The maximum atomic E-state index is 7.49. The number of piperidine rings is 1. The van der Waals surface area contributed by atoms with Crippen LogP contribution in [0.25, 0.3) is 0 Å². The van der Waals surface area contributed by atoms with E-state index in [-0.39, 0.29) is 5.84 Å². The molecule has 0 amide bonds. The van der Waals surface area contributed by atoms with E-state index >= 15 is 0 Å². The Bertz CT molecular complexity index is 461. The molecule has 1 aromatic rings. The Labute approximate surface area is 115 Å². The molecule has 1 aliphatic rings. The van der Waals surface area contributed by atoms with Gasteiger partial charge in [0.25, 0.3) is 0 Å². The number of hydrogen-bond acceptors (Lipinski definition) is 3. The zero-order valence-corrected chi connectivity index (χ0v) is 12.1. The van der Waals surface area contributed by atoms with E-state index < -0.39 is 0 Å². The second-order valence-corrected chi connectivity index (χ2v) is 5.56. The molecule has 19 heavy (non-hydrogen) atoms. The van der Waals surface area contributed by atoms with Gasteiger partial charge in [0.15, 0.2) is 0 Å². The third-order valence-electron chi connectivity index (χ3n) is 4.12. The van der Waals surface area contributed by atoms with Crippen LogP contribution in [0.2, 0.25) is 0 Å². The van der Waals surface area contributed by atoms with Gasteiger partial charge in [-0.2, -0.15) is 0 Å². The molecular formula is C15H24N4. The highest BCUT2D eigenvalue weighted by Crippen LogP contribution is 2.25. The summed E-state index contributed by atoms with van der Waals surface area (Å²) in [4.78, 5) is 4.77. The van der Waals surface area contributed by atoms with Gasteiger partial charge < -0.3 is 15.5 Å². The molecule has 0 unspecified atom stereocenters. The highest BCUT2D eigenvalue weighted by Gasteiger charge is 2.21. The predicted molar refractivity (Wildman–Crippen MR) is 81.1 cm³/mol. The molecule has 104 valence electrons. The number of nitrogens with zero attached hydrogens (tertiary/aromatic N) is 2. The molecule has 1 heterocycles. The van der Waals surface area contributed by atoms with Gasteiger partial charge in [-0.15, -0.1) is 0 Å². The summed E-state index contributed by atoms with van der Waals surface area (Å²) in [5.74, 6) is 0.136. The van der Waals surface area contributed by atoms with Crippen molar-refractivity contribution >= 4 is 11.5 Å². The van der Waals surface area contributed by atoms with Crippen LogP contribution >= 0.6 is 0 Å². The lowest BCUT2D eigenvalue weighted by Crippen LogP contribution is -2.42. The molecule has 0 aliphatic carbocycles. The van der Waals surface area contributed by atoms with Crippen molar-refractivity contribution in [3.8, 4) is 0 Å². The number of nitrogens with two attached hydrogens (primary N) is 1. The number of likely N-dealkylation sites (tertiary alicyclic amines) is 1. The molecular weight excluding hydrogens is 236 g/mol. The summed E-state index contributed by atoms with van der Waals surface area (Å²) in [5, 5.41) is 7.49. The van der Waals surface area contributed by atoms with Crippen LogP contribution in [-0.2, 0) is 0 Å². The first-order valence-electron chi connectivity index (χ1n) is 6.85. The van der Waals surface area contributed by atoms with Crippen molar-refractivity contribution in [1.29, 1.82) is 5.41 Å². The van der Waals surface area contributed by atoms with Gasteiger partial charge in [-0.05, 0) is 63.7 Å². The molecule has 4 heteroatoms. The van der Waals surface area contributed by atoms with Crippen LogP contribution in [-0.4, -0.2) is 44.0 Å². The molecule has 1 aliphatic heterocycles. The zero-order chi connectivity index (χ0) is 14.0. The van der Waals surface area contributed by atoms with Crippen molar-refractivity contribution < 1.29 is 0 Å². The third-order valence-corrected chi connectivity index (χ3v) is 4.12. The van der Waals surface area contributed by atoms with Crippen LogP contribution in [0.1, 0.15) is 24.0 Å². The minimum Gasteiger partial charge on any atom is -0.384 e. The van der Waals surface area contributed by atoms with Gasteiger partial charge in [0.1, 0.15) is 5.84 Å². The smallest absolute Gasteiger partial charge is 0.122 e. The summed E-state index contributed by atoms with van der Waals surface area (Å²) >= 11 is 0. The lowest BCUT2D eigenvalue weighted by molar-refractivity contribution is 0.253. The molecule has 2 rings (SSSR count). The topological polar surface area (TPSA) is 56.4 Å². The number of nitrogen functional groups attached to an aromatic ring is 1. The van der Waals surface area contributed by atoms with Gasteiger partial charge in [-0.25, -0.2) is 0 Å². The lowest BCUT2D eigenvalue weighted by Gasteiger charge is -2.37. The van der Waals surface area contributed by atoms with E-state index in [1.54, 1.807) is 0 Å². The van der Waals surface area contributed by atoms with Crippen LogP contribution in [0.4, 0.5) is 5.69 Å². The van der Waals surface area contributed by atoms with Crippen LogP contribution in [0.3, 0.4) is 0 Å². The maximum absolute atomic E-state index is 7.49. The summed E-state index contributed by atoms with van der Waals surface area (Å²) in [6.07, 6.45) is 2.42. The first-order valence-corrected chi connectivity index (χ1v) is 6.85. The molecule has 3 N–H and O–H groups in total. The molecule has 1 aromatic carbocycles. The number of benzene rings is 1. The van der Waals surface area contributed by atoms with Crippen molar-refractivity contribution in [2.45, 2.75) is 25.8 Å². The Kier molecular flexibility index (Phi) is 4.10. The quantitative estimate of drug-likeness (QED) is 0.644. The average Bonchev–Trinajstić information content (AvgIpc) is 2.38. The fourth-order valence-corrected chi connectivity index (χ4v) is 2.80. The first-order chi connectivity index (χ1) is 8.99. The predicted octanol–water partition coefficient (Wildman–Crippen LogP) is 1.81. The maximum Gasteiger partial charge on any atom is 0.122 e. The summed E-state index contributed by atoms with van der Waals surface area (Å²) in [6, 6.07) is 6.64. The molecule has 4 nitrogen and oxygen atoms in total. The number of amidine groups is 1. The molecule has 0 atom stereocenters. The van der Waals surface area contributed by atoms with Gasteiger partial charge in [0.05, 0.1) is 0 Å². The lowest BCUT2D eigenvalue weighted by atomic mass is 10.0. The Balaban J connectivity index is 2.15. The number of nitrogens with one attached hydrogen (secondary N) is 1. The van der Waals surface area contributed by atoms with E-state index in [0.717, 1.165) is 5.56 Å². The number of aryl methyl sites for hydroxylation is 1. The highest BCUT2D eigenvalue weighted by molar-refractivity contribution is 5.95. The Morgan fingerprint density at radius 2 is 2.00 bits per heavy atom. The van der Waals surface area contributed by atoms with Crippen molar-refractivity contribution in [1.82, 2.24) is 4.90 Å². The van der Waals surface area contributed by atoms with Gasteiger partial charge >= 0.3 is 0 Å². The zero-order valence-electron chi connectivity index (χ0n) is 12.1.